The zero-order valence-corrected chi connectivity index (χ0v) is 16.7. The lowest BCUT2D eigenvalue weighted by Crippen LogP contribution is -2.57. The van der Waals surface area contributed by atoms with Gasteiger partial charge in [0.1, 0.15) is 17.2 Å². The van der Waals surface area contributed by atoms with E-state index in [1.807, 2.05) is 18.3 Å². The van der Waals surface area contributed by atoms with Crippen LogP contribution in [-0.2, 0) is 0 Å². The van der Waals surface area contributed by atoms with Gasteiger partial charge >= 0.3 is 0 Å². The standard InChI is InChI=1S/C22H31NO3/c1-20-8-15-9-21(2,12-20)14-22(10-15,13-20)23-11-17-18(25-4)6-16(24-3)7-19(17)26-5/h6-7,11,15H,8-10,12-14H2,1-5H3. The molecule has 4 nitrogen and oxygen atoms in total. The van der Waals surface area contributed by atoms with Crippen LogP contribution in [0.1, 0.15) is 57.9 Å². The molecule has 1 aromatic carbocycles. The molecule has 142 valence electrons. The second kappa shape index (κ2) is 5.90. The first-order valence-corrected chi connectivity index (χ1v) is 9.67. The number of ether oxygens (including phenoxy) is 3. The van der Waals surface area contributed by atoms with Crippen LogP contribution in [0.2, 0.25) is 0 Å². The van der Waals surface area contributed by atoms with E-state index in [1.165, 1.54) is 38.5 Å². The van der Waals surface area contributed by atoms with Gasteiger partial charge in [-0.3, -0.25) is 4.99 Å². The van der Waals surface area contributed by atoms with Crippen LogP contribution >= 0.6 is 0 Å². The molecular weight excluding hydrogens is 326 g/mol. The summed E-state index contributed by atoms with van der Waals surface area (Å²) in [6.07, 6.45) is 9.78. The lowest BCUT2D eigenvalue weighted by molar-refractivity contribution is -0.103. The lowest BCUT2D eigenvalue weighted by atomic mass is 9.43. The molecule has 4 fully saturated rings. The van der Waals surface area contributed by atoms with Crippen molar-refractivity contribution < 1.29 is 14.2 Å². The maximum Gasteiger partial charge on any atom is 0.135 e. The molecule has 4 aliphatic carbocycles. The molecule has 0 heterocycles. The maximum atomic E-state index is 5.59. The smallest absolute Gasteiger partial charge is 0.135 e. The van der Waals surface area contributed by atoms with Crippen molar-refractivity contribution in [2.75, 3.05) is 21.3 Å². The first-order chi connectivity index (χ1) is 12.3. The monoisotopic (exact) mass is 357 g/mol. The van der Waals surface area contributed by atoms with Crippen molar-refractivity contribution >= 4 is 6.21 Å². The topological polar surface area (TPSA) is 40.0 Å². The van der Waals surface area contributed by atoms with E-state index in [-0.39, 0.29) is 5.54 Å². The molecule has 2 unspecified atom stereocenters. The van der Waals surface area contributed by atoms with Gasteiger partial charge in [-0.15, -0.1) is 0 Å². The summed E-state index contributed by atoms with van der Waals surface area (Å²) in [7, 11) is 5.01. The Bertz CT molecular complexity index is 698. The number of hydrogen-bond donors (Lipinski definition) is 0. The van der Waals surface area contributed by atoms with Gasteiger partial charge in [0.2, 0.25) is 0 Å². The molecule has 2 atom stereocenters. The van der Waals surface area contributed by atoms with Gasteiger partial charge in [-0.1, -0.05) is 13.8 Å². The second-order valence-corrected chi connectivity index (χ2v) is 9.56. The Labute approximate surface area is 156 Å². The summed E-state index contributed by atoms with van der Waals surface area (Å²) in [6, 6.07) is 3.79. The Morgan fingerprint density at radius 3 is 1.92 bits per heavy atom. The Balaban J connectivity index is 1.70. The van der Waals surface area contributed by atoms with E-state index in [0.717, 1.165) is 28.7 Å². The third-order valence-corrected chi connectivity index (χ3v) is 6.82. The largest absolute Gasteiger partial charge is 0.496 e. The zero-order valence-electron chi connectivity index (χ0n) is 16.7. The third kappa shape index (κ3) is 2.87. The van der Waals surface area contributed by atoms with E-state index < -0.39 is 0 Å². The van der Waals surface area contributed by atoms with E-state index in [2.05, 4.69) is 13.8 Å². The molecule has 4 aliphatic rings. The highest BCUT2D eigenvalue weighted by Gasteiger charge is 2.60. The zero-order chi connectivity index (χ0) is 18.6. The molecule has 4 heteroatoms. The van der Waals surface area contributed by atoms with Gasteiger partial charge in [0.25, 0.3) is 0 Å². The van der Waals surface area contributed by atoms with Crippen molar-refractivity contribution in [2.45, 2.75) is 57.9 Å². The van der Waals surface area contributed by atoms with E-state index in [9.17, 15) is 0 Å². The molecule has 0 amide bonds. The van der Waals surface area contributed by atoms with E-state index in [1.54, 1.807) is 21.3 Å². The van der Waals surface area contributed by atoms with Crippen LogP contribution in [0.25, 0.3) is 0 Å². The van der Waals surface area contributed by atoms with Gasteiger partial charge < -0.3 is 14.2 Å². The summed E-state index contributed by atoms with van der Waals surface area (Å²) in [6.45, 7) is 4.96. The molecular formula is C22H31NO3. The fourth-order valence-corrected chi connectivity index (χ4v) is 6.89. The van der Waals surface area contributed by atoms with Crippen LogP contribution in [0.5, 0.6) is 17.2 Å². The van der Waals surface area contributed by atoms with Gasteiger partial charge in [-0.2, -0.15) is 0 Å². The molecule has 26 heavy (non-hydrogen) atoms. The molecule has 0 spiro atoms. The summed E-state index contributed by atoms with van der Waals surface area (Å²) in [4.78, 5) is 5.22. The van der Waals surface area contributed by atoms with Crippen LogP contribution in [0, 0.1) is 16.7 Å². The highest BCUT2D eigenvalue weighted by atomic mass is 16.5. The molecule has 0 aromatic heterocycles. The molecule has 4 saturated carbocycles. The minimum Gasteiger partial charge on any atom is -0.496 e. The molecule has 0 radical (unpaired) electrons. The van der Waals surface area contributed by atoms with Crippen molar-refractivity contribution in [1.82, 2.24) is 0 Å². The minimum absolute atomic E-state index is 0.0822. The number of nitrogens with zero attached hydrogens (tertiary/aromatic N) is 1. The Morgan fingerprint density at radius 2 is 1.46 bits per heavy atom. The predicted molar refractivity (Wildman–Crippen MR) is 104 cm³/mol. The summed E-state index contributed by atoms with van der Waals surface area (Å²) in [5.74, 6) is 3.04. The second-order valence-electron chi connectivity index (χ2n) is 9.56. The SMILES string of the molecule is COc1cc(OC)c(C=NC23CC4CC(C)(CC(C)(C4)C2)C3)c(OC)c1. The number of hydrogen-bond acceptors (Lipinski definition) is 4. The van der Waals surface area contributed by atoms with Crippen molar-refractivity contribution in [3.8, 4) is 17.2 Å². The summed E-state index contributed by atoms with van der Waals surface area (Å²) < 4.78 is 16.5. The summed E-state index contributed by atoms with van der Waals surface area (Å²) in [5.41, 5.74) is 1.90. The number of benzene rings is 1. The highest BCUT2D eigenvalue weighted by molar-refractivity contribution is 5.88. The number of rotatable bonds is 5. The molecule has 1 aromatic rings. The first kappa shape index (κ1) is 17.7. The van der Waals surface area contributed by atoms with E-state index in [4.69, 9.17) is 19.2 Å². The van der Waals surface area contributed by atoms with Crippen molar-refractivity contribution in [3.63, 3.8) is 0 Å². The van der Waals surface area contributed by atoms with Crippen molar-refractivity contribution in [2.24, 2.45) is 21.7 Å². The fraction of sp³-hybridized carbons (Fsp3) is 0.682. The number of aliphatic imine (C=N–C) groups is 1. The van der Waals surface area contributed by atoms with Gasteiger partial charge in [0.05, 0.1) is 32.4 Å². The van der Waals surface area contributed by atoms with Gasteiger partial charge in [-0.25, -0.2) is 0 Å². The Morgan fingerprint density at radius 1 is 0.885 bits per heavy atom. The quantitative estimate of drug-likeness (QED) is 0.705. The summed E-state index contributed by atoms with van der Waals surface area (Å²) in [5, 5.41) is 0. The van der Waals surface area contributed by atoms with Crippen molar-refractivity contribution in [1.29, 1.82) is 0 Å². The third-order valence-electron chi connectivity index (χ3n) is 6.82. The summed E-state index contributed by atoms with van der Waals surface area (Å²) >= 11 is 0. The van der Waals surface area contributed by atoms with Crippen LogP contribution in [0.15, 0.2) is 17.1 Å². The van der Waals surface area contributed by atoms with Gasteiger partial charge in [0, 0.05) is 18.3 Å². The molecule has 5 rings (SSSR count). The molecule has 0 aliphatic heterocycles. The molecule has 0 saturated heterocycles. The van der Waals surface area contributed by atoms with Crippen molar-refractivity contribution in [3.05, 3.63) is 17.7 Å². The average molecular weight is 357 g/mol. The van der Waals surface area contributed by atoms with E-state index >= 15 is 0 Å². The maximum absolute atomic E-state index is 5.59. The Hall–Kier alpha value is -1.71. The van der Waals surface area contributed by atoms with Crippen LogP contribution in [0.3, 0.4) is 0 Å². The van der Waals surface area contributed by atoms with Gasteiger partial charge in [0.15, 0.2) is 0 Å². The van der Waals surface area contributed by atoms with Crippen LogP contribution < -0.4 is 14.2 Å². The van der Waals surface area contributed by atoms with Gasteiger partial charge in [-0.05, 0) is 55.3 Å². The first-order valence-electron chi connectivity index (χ1n) is 9.67. The number of methoxy groups -OCH3 is 3. The lowest BCUT2D eigenvalue weighted by Gasteiger charge is -2.64. The average Bonchev–Trinajstić information content (AvgIpc) is 2.56. The molecule has 4 bridgehead atoms. The van der Waals surface area contributed by atoms with Crippen LogP contribution in [-0.4, -0.2) is 33.1 Å². The predicted octanol–water partition coefficient (Wildman–Crippen LogP) is 4.88. The fourth-order valence-electron chi connectivity index (χ4n) is 6.89. The minimum atomic E-state index is 0.0822. The van der Waals surface area contributed by atoms with E-state index in [0.29, 0.717) is 10.8 Å². The van der Waals surface area contributed by atoms with Crippen LogP contribution in [0.4, 0.5) is 0 Å². The normalized spacial score (nSPS) is 38.0. The highest BCUT2D eigenvalue weighted by Crippen LogP contribution is 2.67. The molecule has 0 N–H and O–H groups in total. The Kier molecular flexibility index (Phi) is 4.01.